The third-order valence-electron chi connectivity index (χ3n) is 3.45. The minimum Gasteiger partial charge on any atom is -0.328 e. The van der Waals surface area contributed by atoms with Crippen LogP contribution in [0.4, 0.5) is 0 Å². The lowest BCUT2D eigenvalue weighted by Crippen LogP contribution is -2.18. The van der Waals surface area contributed by atoms with E-state index in [1.807, 2.05) is 27.8 Å². The SMILES string of the molecule is Cc1nn(C)c(CC(=O)C(C)CCCC(C)N)c1Br. The molecule has 0 aliphatic carbocycles. The van der Waals surface area contributed by atoms with E-state index in [4.69, 9.17) is 5.73 Å². The van der Waals surface area contributed by atoms with Crippen molar-refractivity contribution in [1.29, 1.82) is 0 Å². The largest absolute Gasteiger partial charge is 0.328 e. The summed E-state index contributed by atoms with van der Waals surface area (Å²) in [5.74, 6) is 0.356. The van der Waals surface area contributed by atoms with Crippen molar-refractivity contribution in [1.82, 2.24) is 9.78 Å². The average molecular weight is 330 g/mol. The van der Waals surface area contributed by atoms with E-state index in [0.29, 0.717) is 6.42 Å². The maximum Gasteiger partial charge on any atom is 0.141 e. The highest BCUT2D eigenvalue weighted by atomic mass is 79.9. The Morgan fingerprint density at radius 2 is 2.05 bits per heavy atom. The van der Waals surface area contributed by atoms with Gasteiger partial charge in [-0.2, -0.15) is 5.10 Å². The Labute approximate surface area is 123 Å². The minimum absolute atomic E-state index is 0.0841. The molecule has 0 aliphatic heterocycles. The lowest BCUT2D eigenvalue weighted by Gasteiger charge is -2.11. The molecule has 0 saturated heterocycles. The normalized spacial score (nSPS) is 14.4. The lowest BCUT2D eigenvalue weighted by atomic mass is 9.95. The van der Waals surface area contributed by atoms with E-state index in [1.165, 1.54) is 0 Å². The van der Waals surface area contributed by atoms with Gasteiger partial charge in [0.05, 0.1) is 15.9 Å². The number of nitrogens with zero attached hydrogens (tertiary/aromatic N) is 2. The first-order valence-electron chi connectivity index (χ1n) is 6.79. The molecule has 1 rings (SSSR count). The van der Waals surface area contributed by atoms with Gasteiger partial charge in [0.1, 0.15) is 5.78 Å². The molecule has 0 spiro atoms. The summed E-state index contributed by atoms with van der Waals surface area (Å²) in [7, 11) is 1.88. The van der Waals surface area contributed by atoms with Crippen LogP contribution in [-0.2, 0) is 18.3 Å². The van der Waals surface area contributed by atoms with E-state index in [-0.39, 0.29) is 17.7 Å². The van der Waals surface area contributed by atoms with E-state index < -0.39 is 0 Å². The number of carbonyl (C=O) groups is 1. The first kappa shape index (κ1) is 16.4. The summed E-state index contributed by atoms with van der Waals surface area (Å²) in [5.41, 5.74) is 7.60. The molecule has 0 bridgehead atoms. The monoisotopic (exact) mass is 329 g/mol. The molecule has 108 valence electrons. The smallest absolute Gasteiger partial charge is 0.141 e. The summed E-state index contributed by atoms with van der Waals surface area (Å²) in [6.45, 7) is 5.94. The summed E-state index contributed by atoms with van der Waals surface area (Å²) >= 11 is 3.50. The van der Waals surface area contributed by atoms with Crippen LogP contribution in [0.25, 0.3) is 0 Å². The molecule has 0 radical (unpaired) electrons. The zero-order valence-electron chi connectivity index (χ0n) is 12.2. The molecule has 0 amide bonds. The highest BCUT2D eigenvalue weighted by molar-refractivity contribution is 9.10. The van der Waals surface area contributed by atoms with Crippen LogP contribution < -0.4 is 5.73 Å². The Kier molecular flexibility index (Phi) is 6.20. The van der Waals surface area contributed by atoms with Crippen LogP contribution in [0.3, 0.4) is 0 Å². The Balaban J connectivity index is 2.54. The molecule has 1 heterocycles. The number of carbonyl (C=O) groups excluding carboxylic acids is 1. The topological polar surface area (TPSA) is 60.9 Å². The van der Waals surface area contributed by atoms with E-state index in [9.17, 15) is 4.79 Å². The zero-order valence-corrected chi connectivity index (χ0v) is 13.8. The third-order valence-corrected chi connectivity index (χ3v) is 4.48. The average Bonchev–Trinajstić information content (AvgIpc) is 2.55. The van der Waals surface area contributed by atoms with Crippen LogP contribution >= 0.6 is 15.9 Å². The van der Waals surface area contributed by atoms with Gasteiger partial charge in [0.2, 0.25) is 0 Å². The maximum absolute atomic E-state index is 12.2. The number of hydrogen-bond acceptors (Lipinski definition) is 3. The van der Waals surface area contributed by atoms with Crippen molar-refractivity contribution in [2.24, 2.45) is 18.7 Å². The van der Waals surface area contributed by atoms with E-state index in [0.717, 1.165) is 35.1 Å². The Morgan fingerprint density at radius 1 is 1.42 bits per heavy atom. The van der Waals surface area contributed by atoms with Gasteiger partial charge in [0, 0.05) is 25.4 Å². The number of nitrogens with two attached hydrogens (primary N) is 1. The van der Waals surface area contributed by atoms with Gasteiger partial charge < -0.3 is 5.73 Å². The number of ketones is 1. The number of hydrogen-bond donors (Lipinski definition) is 1. The number of rotatable bonds is 7. The van der Waals surface area contributed by atoms with Crippen LogP contribution in [0, 0.1) is 12.8 Å². The zero-order chi connectivity index (χ0) is 14.6. The molecule has 1 aromatic rings. The Bertz CT molecular complexity index is 440. The minimum atomic E-state index is 0.0841. The van der Waals surface area contributed by atoms with Crippen LogP contribution in [0.15, 0.2) is 4.47 Å². The Morgan fingerprint density at radius 3 is 2.53 bits per heavy atom. The highest BCUT2D eigenvalue weighted by Crippen LogP contribution is 2.22. The van der Waals surface area contributed by atoms with Gasteiger partial charge in [0.15, 0.2) is 0 Å². The molecule has 2 atom stereocenters. The molecule has 4 nitrogen and oxygen atoms in total. The van der Waals surface area contributed by atoms with E-state index in [1.54, 1.807) is 4.68 Å². The van der Waals surface area contributed by atoms with Gasteiger partial charge in [-0.25, -0.2) is 0 Å². The van der Waals surface area contributed by atoms with Crippen LogP contribution in [0.5, 0.6) is 0 Å². The van der Waals surface area contributed by atoms with Crippen LogP contribution in [-0.4, -0.2) is 21.6 Å². The van der Waals surface area contributed by atoms with Crippen molar-refractivity contribution in [2.75, 3.05) is 0 Å². The van der Waals surface area contributed by atoms with Crippen molar-refractivity contribution in [3.63, 3.8) is 0 Å². The second-order valence-electron chi connectivity index (χ2n) is 5.42. The number of aryl methyl sites for hydroxylation is 2. The van der Waals surface area contributed by atoms with Gasteiger partial charge >= 0.3 is 0 Å². The van der Waals surface area contributed by atoms with Gasteiger partial charge in [-0.05, 0) is 42.6 Å². The summed E-state index contributed by atoms with van der Waals surface area (Å²) in [6, 6.07) is 0.219. The Hall–Kier alpha value is -0.680. The van der Waals surface area contributed by atoms with Crippen molar-refractivity contribution in [3.05, 3.63) is 15.9 Å². The summed E-state index contributed by atoms with van der Waals surface area (Å²) in [4.78, 5) is 12.2. The van der Waals surface area contributed by atoms with Crippen molar-refractivity contribution >= 4 is 21.7 Å². The molecule has 0 aliphatic rings. The number of aromatic nitrogens is 2. The second kappa shape index (κ2) is 7.20. The second-order valence-corrected chi connectivity index (χ2v) is 6.22. The molecule has 5 heteroatoms. The van der Waals surface area contributed by atoms with Crippen LogP contribution in [0.1, 0.15) is 44.5 Å². The molecule has 1 aromatic heterocycles. The maximum atomic E-state index is 12.2. The summed E-state index contributed by atoms with van der Waals surface area (Å²) < 4.78 is 2.73. The molecule has 2 N–H and O–H groups in total. The van der Waals surface area contributed by atoms with Crippen molar-refractivity contribution in [2.45, 2.75) is 52.5 Å². The summed E-state index contributed by atoms with van der Waals surface area (Å²) in [6.07, 6.45) is 3.34. The van der Waals surface area contributed by atoms with Gasteiger partial charge in [-0.15, -0.1) is 0 Å². The quantitative estimate of drug-likeness (QED) is 0.836. The molecule has 0 saturated carbocycles. The fourth-order valence-electron chi connectivity index (χ4n) is 2.12. The van der Waals surface area contributed by atoms with E-state index >= 15 is 0 Å². The molecular formula is C14H24BrN3O. The molecule has 19 heavy (non-hydrogen) atoms. The molecule has 0 aromatic carbocycles. The fourth-order valence-corrected chi connectivity index (χ4v) is 2.59. The molecule has 0 fully saturated rings. The number of Topliss-reactive ketones (excluding diaryl/α,β-unsaturated/α-hetero) is 1. The predicted octanol–water partition coefficient (Wildman–Crippen LogP) is 2.76. The predicted molar refractivity (Wildman–Crippen MR) is 81.0 cm³/mol. The van der Waals surface area contributed by atoms with Gasteiger partial charge in [-0.1, -0.05) is 13.3 Å². The van der Waals surface area contributed by atoms with E-state index in [2.05, 4.69) is 21.0 Å². The lowest BCUT2D eigenvalue weighted by molar-refractivity contribution is -0.122. The standard InChI is InChI=1S/C14H24BrN3O/c1-9(6-5-7-10(2)16)13(19)8-12-14(15)11(3)17-18(12)4/h9-10H,5-8,16H2,1-4H3. The molecular weight excluding hydrogens is 306 g/mol. The van der Waals surface area contributed by atoms with Gasteiger partial charge in [-0.3, -0.25) is 9.48 Å². The van der Waals surface area contributed by atoms with Crippen LogP contribution in [0.2, 0.25) is 0 Å². The first-order chi connectivity index (χ1) is 8.82. The molecule has 2 unspecified atom stereocenters. The van der Waals surface area contributed by atoms with Crippen molar-refractivity contribution in [3.8, 4) is 0 Å². The number of halogens is 1. The van der Waals surface area contributed by atoms with Gasteiger partial charge in [0.25, 0.3) is 0 Å². The summed E-state index contributed by atoms with van der Waals surface area (Å²) in [5, 5.41) is 4.31. The third kappa shape index (κ3) is 4.73. The first-order valence-corrected chi connectivity index (χ1v) is 7.58. The highest BCUT2D eigenvalue weighted by Gasteiger charge is 2.18. The fraction of sp³-hybridized carbons (Fsp3) is 0.714. The van der Waals surface area contributed by atoms with Crippen molar-refractivity contribution < 1.29 is 4.79 Å².